The van der Waals surface area contributed by atoms with Gasteiger partial charge in [-0.1, -0.05) is 0 Å². The molecule has 3 nitrogen and oxygen atoms in total. The normalized spacial score (nSPS) is 31.8. The minimum absolute atomic E-state index is 1.23. The van der Waals surface area contributed by atoms with Crippen molar-refractivity contribution in [1.29, 1.82) is 0 Å². The van der Waals surface area contributed by atoms with Crippen LogP contribution in [-0.2, 0) is 0 Å². The Morgan fingerprint density at radius 2 is 1.31 bits per heavy atom. The van der Waals surface area contributed by atoms with Crippen LogP contribution in [0.3, 0.4) is 0 Å². The van der Waals surface area contributed by atoms with Crippen molar-refractivity contribution in [3.05, 3.63) is 0 Å². The van der Waals surface area contributed by atoms with Crippen LogP contribution in [0, 0.1) is 0 Å². The van der Waals surface area contributed by atoms with E-state index in [0.29, 0.717) is 0 Å². The predicted octanol–water partition coefficient (Wildman–Crippen LogP) is -0.504. The van der Waals surface area contributed by atoms with E-state index in [0.717, 1.165) is 0 Å². The minimum atomic E-state index is 1.23. The van der Waals surface area contributed by atoms with Crippen molar-refractivity contribution >= 4 is 0 Å². The van der Waals surface area contributed by atoms with E-state index < -0.39 is 0 Å². The highest BCUT2D eigenvalue weighted by Crippen LogP contribution is 2.16. The van der Waals surface area contributed by atoms with E-state index in [1.165, 1.54) is 61.3 Å². The summed E-state index contributed by atoms with van der Waals surface area (Å²) in [4.78, 5) is 0. The lowest BCUT2D eigenvalue weighted by atomic mass is 10.2. The minimum Gasteiger partial charge on any atom is -0.319 e. The first-order valence-electron chi connectivity index (χ1n) is 5.50. The number of hydrogen-bond acceptors (Lipinski definition) is 1. The van der Waals surface area contributed by atoms with Crippen LogP contribution in [0.2, 0.25) is 0 Å². The number of quaternary nitrogens is 2. The Hall–Kier alpha value is -0.120. The Morgan fingerprint density at radius 3 is 1.85 bits per heavy atom. The monoisotopic (exact) mass is 185 g/mol. The lowest BCUT2D eigenvalue weighted by Crippen LogP contribution is -2.68. The average Bonchev–Trinajstić information content (AvgIpc) is 2.13. The van der Waals surface area contributed by atoms with E-state index in [1.807, 2.05) is 0 Å². The van der Waals surface area contributed by atoms with Gasteiger partial charge < -0.3 is 14.3 Å². The van der Waals surface area contributed by atoms with Gasteiger partial charge >= 0.3 is 0 Å². The Bertz CT molecular complexity index is 171. The number of nitrogens with zero attached hydrogens (tertiary/aromatic N) is 2. The summed E-state index contributed by atoms with van der Waals surface area (Å²) in [5.41, 5.74) is 0. The number of likely N-dealkylation sites (N-methyl/N-ethyl adjacent to an activating group) is 1. The topological polar surface area (TPSA) is 12.0 Å². The van der Waals surface area contributed by atoms with Crippen LogP contribution in [0.5, 0.6) is 0 Å². The molecule has 2 heterocycles. The van der Waals surface area contributed by atoms with Crippen molar-refractivity contribution in [2.75, 3.05) is 66.5 Å². The molecule has 0 aromatic carbocycles. The van der Waals surface area contributed by atoms with E-state index in [2.05, 4.69) is 19.4 Å². The summed E-state index contributed by atoms with van der Waals surface area (Å²) in [6.45, 7) is 10.7. The second-order valence-corrected chi connectivity index (χ2v) is 5.37. The predicted molar refractivity (Wildman–Crippen MR) is 54.4 cm³/mol. The molecule has 0 atom stereocenters. The van der Waals surface area contributed by atoms with Crippen LogP contribution in [-0.4, -0.2) is 75.4 Å². The molecule has 3 heteroatoms. The Balaban J connectivity index is 1.95. The molecule has 1 spiro atoms. The van der Waals surface area contributed by atoms with Crippen LogP contribution < -0.4 is 5.32 Å². The molecule has 0 unspecified atom stereocenters. The van der Waals surface area contributed by atoms with E-state index in [4.69, 9.17) is 0 Å². The molecule has 2 saturated heterocycles. The number of nitrogens with one attached hydrogen (secondary N) is 1. The molecule has 0 radical (unpaired) electrons. The zero-order chi connectivity index (χ0) is 9.36. The zero-order valence-electron chi connectivity index (χ0n) is 9.05. The van der Waals surface area contributed by atoms with Crippen molar-refractivity contribution in [3.63, 3.8) is 0 Å². The third-order valence-corrected chi connectivity index (χ3v) is 3.89. The third kappa shape index (κ3) is 2.03. The lowest BCUT2D eigenvalue weighted by Gasteiger charge is -2.48. The fourth-order valence-corrected chi connectivity index (χ4v) is 2.51. The molecule has 13 heavy (non-hydrogen) atoms. The van der Waals surface area contributed by atoms with Gasteiger partial charge in [0.05, 0.1) is 27.2 Å². The first-order chi connectivity index (χ1) is 6.12. The summed E-state index contributed by atoms with van der Waals surface area (Å²) in [5.74, 6) is 0. The summed E-state index contributed by atoms with van der Waals surface area (Å²) in [5, 5.41) is 3.46. The fraction of sp³-hybridized carbons (Fsp3) is 1.00. The van der Waals surface area contributed by atoms with Gasteiger partial charge in [0.25, 0.3) is 0 Å². The Kier molecular flexibility index (Phi) is 2.34. The van der Waals surface area contributed by atoms with Crippen molar-refractivity contribution in [2.24, 2.45) is 0 Å². The molecule has 0 aromatic heterocycles. The molecular weight excluding hydrogens is 162 g/mol. The molecule has 2 aliphatic rings. The summed E-state index contributed by atoms with van der Waals surface area (Å²) in [6, 6.07) is 0. The van der Waals surface area contributed by atoms with Crippen molar-refractivity contribution in [3.8, 4) is 0 Å². The molecular formula is C10H23N3+2. The van der Waals surface area contributed by atoms with Crippen LogP contribution in [0.15, 0.2) is 0 Å². The summed E-state index contributed by atoms with van der Waals surface area (Å²) < 4.78 is 2.63. The molecule has 1 N–H and O–H groups in total. The first-order valence-corrected chi connectivity index (χ1v) is 5.50. The highest BCUT2D eigenvalue weighted by Gasteiger charge is 2.38. The van der Waals surface area contributed by atoms with Crippen LogP contribution in [0.4, 0.5) is 0 Å². The number of piperazine rings is 2. The van der Waals surface area contributed by atoms with Gasteiger partial charge in [0.2, 0.25) is 0 Å². The van der Waals surface area contributed by atoms with Crippen molar-refractivity contribution < 1.29 is 8.97 Å². The smallest absolute Gasteiger partial charge is 0.129 e. The fourth-order valence-electron chi connectivity index (χ4n) is 2.51. The molecule has 2 rings (SSSR count). The third-order valence-electron chi connectivity index (χ3n) is 3.89. The maximum Gasteiger partial charge on any atom is 0.129 e. The molecule has 2 fully saturated rings. The van der Waals surface area contributed by atoms with E-state index >= 15 is 0 Å². The SMILES string of the molecule is C[N+]1(C)CC[N+]2(CCNCC2)CC1. The molecule has 0 bridgehead atoms. The Morgan fingerprint density at radius 1 is 0.769 bits per heavy atom. The summed E-state index contributed by atoms with van der Waals surface area (Å²) in [7, 11) is 4.72. The maximum absolute atomic E-state index is 3.46. The van der Waals surface area contributed by atoms with Gasteiger partial charge in [-0.05, 0) is 0 Å². The largest absolute Gasteiger partial charge is 0.319 e. The second kappa shape index (κ2) is 3.23. The molecule has 0 aliphatic carbocycles. The van der Waals surface area contributed by atoms with E-state index in [-0.39, 0.29) is 0 Å². The standard InChI is InChI=1S/C10H23N3/c1-12(2)7-9-13(10-8-12)5-3-11-4-6-13/h11H,3-10H2,1-2H3/q+2. The van der Waals surface area contributed by atoms with Gasteiger partial charge in [-0.3, -0.25) is 0 Å². The van der Waals surface area contributed by atoms with Gasteiger partial charge in [0.1, 0.15) is 26.2 Å². The molecule has 76 valence electrons. The van der Waals surface area contributed by atoms with E-state index in [1.54, 1.807) is 0 Å². The molecule has 0 aromatic rings. The van der Waals surface area contributed by atoms with Gasteiger partial charge in [0.15, 0.2) is 0 Å². The van der Waals surface area contributed by atoms with Gasteiger partial charge in [-0.2, -0.15) is 0 Å². The highest BCUT2D eigenvalue weighted by molar-refractivity contribution is 4.60. The van der Waals surface area contributed by atoms with Crippen LogP contribution in [0.1, 0.15) is 0 Å². The van der Waals surface area contributed by atoms with E-state index in [9.17, 15) is 0 Å². The van der Waals surface area contributed by atoms with Crippen molar-refractivity contribution in [1.82, 2.24) is 5.32 Å². The Labute approximate surface area is 81.5 Å². The molecule has 0 saturated carbocycles. The molecule has 2 aliphatic heterocycles. The zero-order valence-corrected chi connectivity index (χ0v) is 9.05. The van der Waals surface area contributed by atoms with Crippen molar-refractivity contribution in [2.45, 2.75) is 0 Å². The van der Waals surface area contributed by atoms with Gasteiger partial charge in [-0.15, -0.1) is 0 Å². The summed E-state index contributed by atoms with van der Waals surface area (Å²) >= 11 is 0. The number of rotatable bonds is 0. The number of hydrogen-bond donors (Lipinski definition) is 1. The summed E-state index contributed by atoms with van der Waals surface area (Å²) in [6.07, 6.45) is 0. The maximum atomic E-state index is 3.46. The molecule has 0 amide bonds. The van der Waals surface area contributed by atoms with Gasteiger partial charge in [-0.25, -0.2) is 0 Å². The van der Waals surface area contributed by atoms with Crippen LogP contribution in [0.25, 0.3) is 0 Å². The second-order valence-electron chi connectivity index (χ2n) is 5.37. The van der Waals surface area contributed by atoms with Gasteiger partial charge in [0, 0.05) is 13.1 Å². The van der Waals surface area contributed by atoms with Crippen LogP contribution >= 0.6 is 0 Å². The quantitative estimate of drug-likeness (QED) is 0.502. The first kappa shape index (κ1) is 9.44. The highest BCUT2D eigenvalue weighted by atomic mass is 15.5. The lowest BCUT2D eigenvalue weighted by molar-refractivity contribution is -1.02. The average molecular weight is 185 g/mol.